The molecule has 0 saturated carbocycles. The summed E-state index contributed by atoms with van der Waals surface area (Å²) in [5.41, 5.74) is 2.36. The van der Waals surface area contributed by atoms with E-state index in [2.05, 4.69) is 6.07 Å². The Balaban J connectivity index is 2.84. The lowest BCUT2D eigenvalue weighted by molar-refractivity contribution is -0.136. The number of aliphatic carboxylic acids is 1. The summed E-state index contributed by atoms with van der Waals surface area (Å²) in [6.07, 6.45) is 0.646. The molecule has 0 heterocycles. The summed E-state index contributed by atoms with van der Waals surface area (Å²) in [6.45, 7) is 5.95. The molecule has 0 aliphatic rings. The van der Waals surface area contributed by atoms with Gasteiger partial charge in [0.2, 0.25) is 0 Å². The molecule has 3 heteroatoms. The first-order valence-corrected chi connectivity index (χ1v) is 5.89. The quantitative estimate of drug-likeness (QED) is 0.798. The minimum absolute atomic E-state index is 0.341. The van der Waals surface area contributed by atoms with Crippen LogP contribution in [0.4, 0.5) is 0 Å². The number of aryl methyl sites for hydroxylation is 2. The van der Waals surface area contributed by atoms with Crippen LogP contribution in [0.1, 0.15) is 24.5 Å². The Bertz CT molecular complexity index is 361. The van der Waals surface area contributed by atoms with Gasteiger partial charge in [0.1, 0.15) is 5.25 Å². The summed E-state index contributed by atoms with van der Waals surface area (Å²) in [4.78, 5) is 12.0. The zero-order valence-electron chi connectivity index (χ0n) is 9.28. The topological polar surface area (TPSA) is 37.3 Å². The SMILES string of the molecule is CCC(Sc1ccc(C)cc1C)C(=O)O. The maximum Gasteiger partial charge on any atom is 0.316 e. The fourth-order valence-corrected chi connectivity index (χ4v) is 2.36. The van der Waals surface area contributed by atoms with Crippen LogP contribution in [0.15, 0.2) is 23.1 Å². The van der Waals surface area contributed by atoms with Crippen LogP contribution in [0.3, 0.4) is 0 Å². The van der Waals surface area contributed by atoms with Gasteiger partial charge >= 0.3 is 5.97 Å². The highest BCUT2D eigenvalue weighted by Gasteiger charge is 2.17. The Labute approximate surface area is 94.7 Å². The van der Waals surface area contributed by atoms with Crippen molar-refractivity contribution in [1.82, 2.24) is 0 Å². The lowest BCUT2D eigenvalue weighted by atomic mass is 10.2. The van der Waals surface area contributed by atoms with Gasteiger partial charge in [-0.15, -0.1) is 11.8 Å². The van der Waals surface area contributed by atoms with Gasteiger partial charge in [0.05, 0.1) is 0 Å². The summed E-state index contributed by atoms with van der Waals surface area (Å²) >= 11 is 1.43. The third-order valence-corrected chi connectivity index (χ3v) is 3.78. The number of carboxylic acids is 1. The number of rotatable bonds is 4. The van der Waals surface area contributed by atoms with Gasteiger partial charge in [0.25, 0.3) is 0 Å². The predicted molar refractivity (Wildman–Crippen MR) is 63.5 cm³/mol. The van der Waals surface area contributed by atoms with Crippen LogP contribution in [0.2, 0.25) is 0 Å². The van der Waals surface area contributed by atoms with Crippen molar-refractivity contribution in [3.05, 3.63) is 29.3 Å². The molecule has 1 unspecified atom stereocenters. The van der Waals surface area contributed by atoms with Crippen molar-refractivity contribution in [2.75, 3.05) is 0 Å². The van der Waals surface area contributed by atoms with Crippen LogP contribution in [-0.4, -0.2) is 16.3 Å². The van der Waals surface area contributed by atoms with Gasteiger partial charge in [-0.2, -0.15) is 0 Å². The van der Waals surface area contributed by atoms with Gasteiger partial charge in [-0.3, -0.25) is 4.79 Å². The number of hydrogen-bond donors (Lipinski definition) is 1. The van der Waals surface area contributed by atoms with Crippen molar-refractivity contribution < 1.29 is 9.90 Å². The zero-order chi connectivity index (χ0) is 11.4. The third kappa shape index (κ3) is 3.27. The number of carboxylic acid groups (broad SMARTS) is 1. The molecule has 0 bridgehead atoms. The Morgan fingerprint density at radius 1 is 1.47 bits per heavy atom. The molecule has 1 atom stereocenters. The van der Waals surface area contributed by atoms with E-state index in [1.807, 2.05) is 32.9 Å². The van der Waals surface area contributed by atoms with Crippen LogP contribution in [0.25, 0.3) is 0 Å². The number of hydrogen-bond acceptors (Lipinski definition) is 2. The molecule has 1 aromatic carbocycles. The van der Waals surface area contributed by atoms with Gasteiger partial charge in [-0.05, 0) is 31.9 Å². The van der Waals surface area contributed by atoms with Gasteiger partial charge in [-0.25, -0.2) is 0 Å². The van der Waals surface area contributed by atoms with E-state index < -0.39 is 5.97 Å². The Morgan fingerprint density at radius 3 is 2.60 bits per heavy atom. The van der Waals surface area contributed by atoms with E-state index in [9.17, 15) is 4.79 Å². The average molecular weight is 224 g/mol. The monoisotopic (exact) mass is 224 g/mol. The molecule has 82 valence electrons. The number of thioether (sulfide) groups is 1. The molecule has 0 fully saturated rings. The summed E-state index contributed by atoms with van der Waals surface area (Å²) < 4.78 is 0. The number of benzene rings is 1. The van der Waals surface area contributed by atoms with E-state index >= 15 is 0 Å². The molecule has 1 rings (SSSR count). The molecule has 0 aromatic heterocycles. The molecule has 0 saturated heterocycles. The third-order valence-electron chi connectivity index (χ3n) is 2.25. The zero-order valence-corrected chi connectivity index (χ0v) is 10.1. The largest absolute Gasteiger partial charge is 0.480 e. The maximum absolute atomic E-state index is 10.9. The molecule has 0 aliphatic heterocycles. The number of carbonyl (C=O) groups is 1. The Kier molecular flexibility index (Phi) is 4.21. The summed E-state index contributed by atoms with van der Waals surface area (Å²) in [6, 6.07) is 6.10. The second kappa shape index (κ2) is 5.21. The summed E-state index contributed by atoms with van der Waals surface area (Å²) in [7, 11) is 0. The normalized spacial score (nSPS) is 12.5. The second-order valence-corrected chi connectivity index (χ2v) is 4.87. The Hall–Kier alpha value is -0.960. The minimum atomic E-state index is -0.734. The lowest BCUT2D eigenvalue weighted by Crippen LogP contribution is -2.14. The van der Waals surface area contributed by atoms with E-state index in [-0.39, 0.29) is 5.25 Å². The highest BCUT2D eigenvalue weighted by molar-refractivity contribution is 8.00. The van der Waals surface area contributed by atoms with E-state index in [1.165, 1.54) is 17.3 Å². The van der Waals surface area contributed by atoms with Crippen molar-refractivity contribution in [2.45, 2.75) is 37.3 Å². The molecule has 2 nitrogen and oxygen atoms in total. The van der Waals surface area contributed by atoms with Gasteiger partial charge in [-0.1, -0.05) is 24.6 Å². The maximum atomic E-state index is 10.9. The molecule has 15 heavy (non-hydrogen) atoms. The van der Waals surface area contributed by atoms with Crippen molar-refractivity contribution in [1.29, 1.82) is 0 Å². The second-order valence-electron chi connectivity index (χ2n) is 3.62. The molecular formula is C12H16O2S. The van der Waals surface area contributed by atoms with Crippen LogP contribution in [0.5, 0.6) is 0 Å². The standard InChI is InChI=1S/C12H16O2S/c1-4-10(12(13)14)15-11-6-5-8(2)7-9(11)3/h5-7,10H,4H2,1-3H3,(H,13,14). The fourth-order valence-electron chi connectivity index (χ4n) is 1.39. The van der Waals surface area contributed by atoms with Crippen molar-refractivity contribution in [2.24, 2.45) is 0 Å². The minimum Gasteiger partial charge on any atom is -0.480 e. The van der Waals surface area contributed by atoms with Gasteiger partial charge in [0, 0.05) is 4.90 Å². The lowest BCUT2D eigenvalue weighted by Gasteiger charge is -2.11. The van der Waals surface area contributed by atoms with Crippen molar-refractivity contribution in [3.63, 3.8) is 0 Å². The molecular weight excluding hydrogens is 208 g/mol. The van der Waals surface area contributed by atoms with E-state index in [0.29, 0.717) is 6.42 Å². The smallest absolute Gasteiger partial charge is 0.316 e. The predicted octanol–water partition coefficient (Wildman–Crippen LogP) is 3.26. The highest BCUT2D eigenvalue weighted by Crippen LogP contribution is 2.28. The highest BCUT2D eigenvalue weighted by atomic mass is 32.2. The van der Waals surface area contributed by atoms with E-state index in [1.54, 1.807) is 0 Å². The van der Waals surface area contributed by atoms with Crippen LogP contribution >= 0.6 is 11.8 Å². The van der Waals surface area contributed by atoms with Gasteiger partial charge < -0.3 is 5.11 Å². The molecule has 0 radical (unpaired) electrons. The molecule has 1 aromatic rings. The van der Waals surface area contributed by atoms with Crippen LogP contribution in [-0.2, 0) is 4.79 Å². The first-order chi connectivity index (χ1) is 7.04. The first kappa shape index (κ1) is 12.1. The van der Waals surface area contributed by atoms with Crippen molar-refractivity contribution in [3.8, 4) is 0 Å². The van der Waals surface area contributed by atoms with Crippen LogP contribution in [0, 0.1) is 13.8 Å². The molecule has 1 N–H and O–H groups in total. The first-order valence-electron chi connectivity index (χ1n) is 5.01. The van der Waals surface area contributed by atoms with Crippen LogP contribution < -0.4 is 0 Å². The fraction of sp³-hybridized carbons (Fsp3) is 0.417. The van der Waals surface area contributed by atoms with E-state index in [4.69, 9.17) is 5.11 Å². The average Bonchev–Trinajstić information content (AvgIpc) is 2.16. The van der Waals surface area contributed by atoms with Gasteiger partial charge in [0.15, 0.2) is 0 Å². The summed E-state index contributed by atoms with van der Waals surface area (Å²) in [5, 5.41) is 8.62. The summed E-state index contributed by atoms with van der Waals surface area (Å²) in [5.74, 6) is -0.734. The molecule has 0 amide bonds. The van der Waals surface area contributed by atoms with Crippen molar-refractivity contribution >= 4 is 17.7 Å². The van der Waals surface area contributed by atoms with E-state index in [0.717, 1.165) is 10.5 Å². The Morgan fingerprint density at radius 2 is 2.13 bits per heavy atom. The molecule has 0 spiro atoms. The molecule has 0 aliphatic carbocycles.